The molecule has 0 saturated carbocycles. The molecule has 9 nitrogen and oxygen atoms in total. The van der Waals surface area contributed by atoms with Crippen molar-refractivity contribution in [3.8, 4) is 17.2 Å². The van der Waals surface area contributed by atoms with Crippen LogP contribution in [0.5, 0.6) is 17.2 Å². The lowest BCUT2D eigenvalue weighted by molar-refractivity contribution is -0.121. The van der Waals surface area contributed by atoms with Crippen LogP contribution < -0.4 is 30.8 Å². The highest BCUT2D eigenvalue weighted by Gasteiger charge is 2.17. The Balaban J connectivity index is 1.37. The van der Waals surface area contributed by atoms with E-state index in [1.54, 1.807) is 29.6 Å². The quantitative estimate of drug-likeness (QED) is 0.405. The highest BCUT2D eigenvalue weighted by atomic mass is 32.1. The topological polar surface area (TPSA) is 101 Å². The van der Waals surface area contributed by atoms with Crippen LogP contribution in [0, 0.1) is 0 Å². The molecule has 4 aromatic rings. The number of carbonyl (C=O) groups is 1. The lowest BCUT2D eigenvalue weighted by Crippen LogP contribution is -2.42. The summed E-state index contributed by atoms with van der Waals surface area (Å²) in [5, 5.41) is 4.58. The highest BCUT2D eigenvalue weighted by Crippen LogP contribution is 2.32. The van der Waals surface area contributed by atoms with Gasteiger partial charge >= 0.3 is 5.69 Å². The summed E-state index contributed by atoms with van der Waals surface area (Å²) in [6.45, 7) is 2.78. The number of amides is 1. The van der Waals surface area contributed by atoms with Gasteiger partial charge in [0.05, 0.1) is 18.7 Å². The standard InChI is InChI=1S/C25H23N3O6S/c1-2-32-18-6-3-16(4-7-18)13-28-24(30)23-19(9-10-35-23)27(25(28)31)14-22(29)26-12-17-5-8-20-21(11-17)34-15-33-20/h3-11H,2,12-15H2,1H3,(H,26,29). The Kier molecular flexibility index (Phi) is 6.28. The van der Waals surface area contributed by atoms with Crippen LogP contribution in [0.3, 0.4) is 0 Å². The number of carbonyl (C=O) groups excluding carboxylic acids is 1. The van der Waals surface area contributed by atoms with E-state index in [1.807, 2.05) is 31.2 Å². The highest BCUT2D eigenvalue weighted by molar-refractivity contribution is 7.17. The van der Waals surface area contributed by atoms with Crippen molar-refractivity contribution in [2.75, 3.05) is 13.4 Å². The summed E-state index contributed by atoms with van der Waals surface area (Å²) in [4.78, 5) is 39.1. The molecule has 0 atom stereocenters. The smallest absolute Gasteiger partial charge is 0.332 e. The third-order valence-corrected chi connectivity index (χ3v) is 6.53. The van der Waals surface area contributed by atoms with E-state index >= 15 is 0 Å². The number of nitrogens with zero attached hydrogens (tertiary/aromatic N) is 2. The number of nitrogens with one attached hydrogen (secondary N) is 1. The minimum Gasteiger partial charge on any atom is -0.494 e. The number of rotatable bonds is 8. The van der Waals surface area contributed by atoms with Gasteiger partial charge in [0.1, 0.15) is 17.0 Å². The molecule has 0 aliphatic carbocycles. The van der Waals surface area contributed by atoms with E-state index in [4.69, 9.17) is 14.2 Å². The van der Waals surface area contributed by atoms with Crippen LogP contribution in [0.1, 0.15) is 18.1 Å². The van der Waals surface area contributed by atoms with Gasteiger partial charge in [-0.1, -0.05) is 18.2 Å². The van der Waals surface area contributed by atoms with Gasteiger partial charge in [-0.3, -0.25) is 18.7 Å². The summed E-state index contributed by atoms with van der Waals surface area (Å²) < 4.78 is 19.1. The zero-order valence-corrected chi connectivity index (χ0v) is 19.8. The summed E-state index contributed by atoms with van der Waals surface area (Å²) in [5.41, 5.74) is 1.17. The van der Waals surface area contributed by atoms with Crippen molar-refractivity contribution in [2.45, 2.75) is 26.6 Å². The van der Waals surface area contributed by atoms with E-state index in [1.165, 1.54) is 20.5 Å². The Hall–Kier alpha value is -4.05. The number of hydrogen-bond donors (Lipinski definition) is 1. The number of fused-ring (bicyclic) bond motifs is 2. The van der Waals surface area contributed by atoms with Gasteiger partial charge in [-0.25, -0.2) is 4.79 Å². The molecule has 0 radical (unpaired) electrons. The second-order valence-corrected chi connectivity index (χ2v) is 8.85. The number of thiophene rings is 1. The predicted molar refractivity (Wildman–Crippen MR) is 131 cm³/mol. The van der Waals surface area contributed by atoms with Crippen molar-refractivity contribution >= 4 is 27.5 Å². The van der Waals surface area contributed by atoms with E-state index in [9.17, 15) is 14.4 Å². The van der Waals surface area contributed by atoms with Gasteiger partial charge in [-0.05, 0) is 53.8 Å². The Morgan fingerprint density at radius 2 is 1.80 bits per heavy atom. The first-order valence-electron chi connectivity index (χ1n) is 11.1. The fourth-order valence-electron chi connectivity index (χ4n) is 3.92. The van der Waals surface area contributed by atoms with Crippen molar-refractivity contribution in [3.05, 3.63) is 85.9 Å². The van der Waals surface area contributed by atoms with E-state index in [-0.39, 0.29) is 37.9 Å². The van der Waals surface area contributed by atoms with Crippen LogP contribution in [0.2, 0.25) is 0 Å². The van der Waals surface area contributed by atoms with Crippen LogP contribution in [0.15, 0.2) is 63.5 Å². The zero-order valence-electron chi connectivity index (χ0n) is 19.0. The minimum absolute atomic E-state index is 0.0940. The molecule has 0 saturated heterocycles. The zero-order chi connectivity index (χ0) is 24.4. The van der Waals surface area contributed by atoms with Gasteiger partial charge in [0.25, 0.3) is 5.56 Å². The van der Waals surface area contributed by atoms with Gasteiger partial charge in [-0.2, -0.15) is 0 Å². The first-order valence-corrected chi connectivity index (χ1v) is 12.0. The molecule has 10 heteroatoms. The Morgan fingerprint density at radius 1 is 1.03 bits per heavy atom. The van der Waals surface area contributed by atoms with Crippen LogP contribution >= 0.6 is 11.3 Å². The van der Waals surface area contributed by atoms with Crippen molar-refractivity contribution in [2.24, 2.45) is 0 Å². The van der Waals surface area contributed by atoms with E-state index in [0.29, 0.717) is 34.1 Å². The van der Waals surface area contributed by atoms with Crippen molar-refractivity contribution in [3.63, 3.8) is 0 Å². The number of aromatic nitrogens is 2. The molecule has 3 heterocycles. The molecule has 0 fully saturated rings. The number of hydrogen-bond acceptors (Lipinski definition) is 7. The van der Waals surface area contributed by atoms with Crippen LogP contribution in [-0.2, 0) is 24.4 Å². The molecule has 0 spiro atoms. The summed E-state index contributed by atoms with van der Waals surface area (Å²) in [5.74, 6) is 1.67. The average Bonchev–Trinajstić information content (AvgIpc) is 3.54. The lowest BCUT2D eigenvalue weighted by Gasteiger charge is -2.13. The lowest BCUT2D eigenvalue weighted by atomic mass is 10.2. The fourth-order valence-corrected chi connectivity index (χ4v) is 4.76. The average molecular weight is 494 g/mol. The molecule has 180 valence electrons. The molecule has 1 aliphatic heterocycles. The fraction of sp³-hybridized carbons (Fsp3) is 0.240. The molecule has 35 heavy (non-hydrogen) atoms. The first kappa shape index (κ1) is 22.7. The molecule has 2 aromatic heterocycles. The van der Waals surface area contributed by atoms with Gasteiger partial charge in [0.2, 0.25) is 12.7 Å². The summed E-state index contributed by atoms with van der Waals surface area (Å²) >= 11 is 1.25. The van der Waals surface area contributed by atoms with E-state index in [2.05, 4.69) is 5.32 Å². The van der Waals surface area contributed by atoms with Crippen molar-refractivity contribution < 1.29 is 19.0 Å². The summed E-state index contributed by atoms with van der Waals surface area (Å²) in [6, 6.07) is 14.4. The third kappa shape index (κ3) is 4.65. The molecule has 5 rings (SSSR count). The maximum atomic E-state index is 13.3. The molecule has 1 aliphatic rings. The molecule has 2 aromatic carbocycles. The summed E-state index contributed by atoms with van der Waals surface area (Å²) in [7, 11) is 0. The molecular weight excluding hydrogens is 470 g/mol. The Morgan fingerprint density at radius 3 is 2.60 bits per heavy atom. The van der Waals surface area contributed by atoms with Crippen LogP contribution in [0.4, 0.5) is 0 Å². The van der Waals surface area contributed by atoms with Crippen LogP contribution in [-0.4, -0.2) is 28.4 Å². The van der Waals surface area contributed by atoms with Crippen molar-refractivity contribution in [1.82, 2.24) is 14.5 Å². The SMILES string of the molecule is CCOc1ccc(Cn2c(=O)c3sccc3n(CC(=O)NCc3ccc4c(c3)OCO4)c2=O)cc1. The molecular formula is C25H23N3O6S. The maximum absolute atomic E-state index is 13.3. The van der Waals surface area contributed by atoms with Gasteiger partial charge in [0.15, 0.2) is 11.5 Å². The van der Waals surface area contributed by atoms with Crippen LogP contribution in [0.25, 0.3) is 10.2 Å². The molecule has 0 bridgehead atoms. The van der Waals surface area contributed by atoms with Gasteiger partial charge in [0, 0.05) is 6.54 Å². The maximum Gasteiger partial charge on any atom is 0.332 e. The largest absolute Gasteiger partial charge is 0.494 e. The molecule has 1 N–H and O–H groups in total. The van der Waals surface area contributed by atoms with E-state index < -0.39 is 5.69 Å². The molecule has 1 amide bonds. The normalized spacial score (nSPS) is 12.1. The number of benzene rings is 2. The predicted octanol–water partition coefficient (Wildman–Crippen LogP) is 2.72. The second-order valence-electron chi connectivity index (χ2n) is 7.94. The number of ether oxygens (including phenoxy) is 3. The Labute approximate surface area is 204 Å². The third-order valence-electron chi connectivity index (χ3n) is 5.64. The minimum atomic E-state index is -0.534. The monoisotopic (exact) mass is 493 g/mol. The van der Waals surface area contributed by atoms with Gasteiger partial charge < -0.3 is 19.5 Å². The second kappa shape index (κ2) is 9.67. The molecule has 0 unspecified atom stereocenters. The van der Waals surface area contributed by atoms with Gasteiger partial charge in [-0.15, -0.1) is 11.3 Å². The Bertz CT molecular complexity index is 1500. The first-order chi connectivity index (χ1) is 17.0. The van der Waals surface area contributed by atoms with E-state index in [0.717, 1.165) is 11.1 Å². The van der Waals surface area contributed by atoms with Crippen molar-refractivity contribution in [1.29, 1.82) is 0 Å². The summed E-state index contributed by atoms with van der Waals surface area (Å²) in [6.07, 6.45) is 0.